The maximum absolute atomic E-state index is 12.9. The third kappa shape index (κ3) is 4.19. The Balaban J connectivity index is 1.69. The summed E-state index contributed by atoms with van der Waals surface area (Å²) in [5.74, 6) is 0.438. The average molecular weight is 380 g/mol. The summed E-state index contributed by atoms with van der Waals surface area (Å²) in [6.07, 6.45) is 0. The molecule has 0 unspecified atom stereocenters. The van der Waals surface area contributed by atoms with Gasteiger partial charge >= 0.3 is 0 Å². The SMILES string of the molecule is CC(=O)N[C@@H]1C(=O)N(CCOc2ccc(C(C)(C)C)cc2)c2ccc(C)cc21. The minimum Gasteiger partial charge on any atom is -0.492 e. The molecular formula is C23H28N2O3. The number of amides is 2. The Kier molecular flexibility index (Phi) is 5.45. The second-order valence-electron chi connectivity index (χ2n) is 8.31. The van der Waals surface area contributed by atoms with Gasteiger partial charge in [-0.1, -0.05) is 50.6 Å². The predicted molar refractivity (Wildman–Crippen MR) is 111 cm³/mol. The van der Waals surface area contributed by atoms with Gasteiger partial charge in [0.2, 0.25) is 5.91 Å². The van der Waals surface area contributed by atoms with Crippen LogP contribution in [0.25, 0.3) is 0 Å². The molecule has 2 amide bonds. The molecule has 0 spiro atoms. The van der Waals surface area contributed by atoms with Gasteiger partial charge in [-0.2, -0.15) is 0 Å². The molecule has 0 aromatic heterocycles. The van der Waals surface area contributed by atoms with Gasteiger partial charge in [-0.3, -0.25) is 9.59 Å². The first kappa shape index (κ1) is 19.9. The highest BCUT2D eigenvalue weighted by Crippen LogP contribution is 2.36. The van der Waals surface area contributed by atoms with E-state index in [1.165, 1.54) is 12.5 Å². The van der Waals surface area contributed by atoms with Crippen molar-refractivity contribution in [3.05, 3.63) is 59.2 Å². The van der Waals surface area contributed by atoms with E-state index in [1.807, 2.05) is 37.3 Å². The van der Waals surface area contributed by atoms with E-state index in [-0.39, 0.29) is 17.2 Å². The molecule has 1 atom stereocenters. The number of hydrogen-bond acceptors (Lipinski definition) is 3. The molecule has 28 heavy (non-hydrogen) atoms. The third-order valence-electron chi connectivity index (χ3n) is 4.95. The molecule has 0 bridgehead atoms. The summed E-state index contributed by atoms with van der Waals surface area (Å²) in [7, 11) is 0. The summed E-state index contributed by atoms with van der Waals surface area (Å²) in [6.45, 7) is 10.7. The summed E-state index contributed by atoms with van der Waals surface area (Å²) in [6, 6.07) is 13.3. The van der Waals surface area contributed by atoms with Gasteiger partial charge in [0.1, 0.15) is 18.4 Å². The van der Waals surface area contributed by atoms with Crippen molar-refractivity contribution in [2.45, 2.75) is 46.1 Å². The van der Waals surface area contributed by atoms with Crippen molar-refractivity contribution >= 4 is 17.5 Å². The fraction of sp³-hybridized carbons (Fsp3) is 0.391. The lowest BCUT2D eigenvalue weighted by molar-refractivity contribution is -0.126. The first-order chi connectivity index (χ1) is 13.2. The van der Waals surface area contributed by atoms with Crippen LogP contribution in [0, 0.1) is 6.92 Å². The first-order valence-corrected chi connectivity index (χ1v) is 9.59. The molecule has 0 aliphatic carbocycles. The summed E-state index contributed by atoms with van der Waals surface area (Å²) < 4.78 is 5.86. The van der Waals surface area contributed by atoms with Crippen LogP contribution in [-0.2, 0) is 15.0 Å². The predicted octanol–water partition coefficient (Wildman–Crippen LogP) is 3.90. The number of rotatable bonds is 5. The number of hydrogen-bond donors (Lipinski definition) is 1. The van der Waals surface area contributed by atoms with E-state index in [0.29, 0.717) is 13.2 Å². The van der Waals surface area contributed by atoms with Gasteiger partial charge in [0.15, 0.2) is 0 Å². The Labute approximate surface area is 166 Å². The van der Waals surface area contributed by atoms with Gasteiger partial charge in [-0.15, -0.1) is 0 Å². The molecule has 0 saturated heterocycles. The van der Waals surface area contributed by atoms with Crippen LogP contribution in [0.5, 0.6) is 5.75 Å². The molecule has 0 radical (unpaired) electrons. The maximum Gasteiger partial charge on any atom is 0.254 e. The second kappa shape index (κ2) is 7.66. The van der Waals surface area contributed by atoms with Crippen molar-refractivity contribution in [1.82, 2.24) is 5.32 Å². The number of carbonyl (C=O) groups excluding carboxylic acids is 2. The lowest BCUT2D eigenvalue weighted by Crippen LogP contribution is -2.38. The van der Waals surface area contributed by atoms with Crippen molar-refractivity contribution in [3.8, 4) is 5.75 Å². The lowest BCUT2D eigenvalue weighted by atomic mass is 9.87. The first-order valence-electron chi connectivity index (χ1n) is 9.59. The third-order valence-corrected chi connectivity index (χ3v) is 4.95. The van der Waals surface area contributed by atoms with Crippen LogP contribution in [0.2, 0.25) is 0 Å². The molecule has 1 N–H and O–H groups in total. The van der Waals surface area contributed by atoms with E-state index in [2.05, 4.69) is 38.2 Å². The van der Waals surface area contributed by atoms with Gasteiger partial charge in [-0.05, 0) is 36.1 Å². The normalized spacial score (nSPS) is 16.1. The quantitative estimate of drug-likeness (QED) is 0.856. The number of carbonyl (C=O) groups is 2. The van der Waals surface area contributed by atoms with Crippen molar-refractivity contribution < 1.29 is 14.3 Å². The molecule has 1 heterocycles. The van der Waals surface area contributed by atoms with Crippen molar-refractivity contribution in [1.29, 1.82) is 0 Å². The summed E-state index contributed by atoms with van der Waals surface area (Å²) in [4.78, 5) is 26.1. The zero-order valence-corrected chi connectivity index (χ0v) is 17.2. The molecule has 2 aromatic rings. The Morgan fingerprint density at radius 3 is 2.43 bits per heavy atom. The van der Waals surface area contributed by atoms with E-state index in [4.69, 9.17) is 4.74 Å². The minimum atomic E-state index is -0.626. The highest BCUT2D eigenvalue weighted by Gasteiger charge is 2.37. The Bertz CT molecular complexity index is 882. The van der Waals surface area contributed by atoms with Crippen LogP contribution in [0.3, 0.4) is 0 Å². The summed E-state index contributed by atoms with van der Waals surface area (Å²) >= 11 is 0. The molecule has 3 rings (SSSR count). The molecule has 148 valence electrons. The Morgan fingerprint density at radius 2 is 1.82 bits per heavy atom. The monoisotopic (exact) mass is 380 g/mol. The molecule has 5 heteroatoms. The fourth-order valence-corrected chi connectivity index (χ4v) is 3.44. The van der Waals surface area contributed by atoms with Gasteiger partial charge in [-0.25, -0.2) is 0 Å². The highest BCUT2D eigenvalue weighted by atomic mass is 16.5. The zero-order valence-electron chi connectivity index (χ0n) is 17.2. The van der Waals surface area contributed by atoms with Crippen molar-refractivity contribution in [2.75, 3.05) is 18.1 Å². The Morgan fingerprint density at radius 1 is 1.14 bits per heavy atom. The van der Waals surface area contributed by atoms with E-state index in [0.717, 1.165) is 22.6 Å². The van der Waals surface area contributed by atoms with E-state index in [1.54, 1.807) is 4.90 Å². The van der Waals surface area contributed by atoms with Crippen LogP contribution in [-0.4, -0.2) is 25.0 Å². The number of benzene rings is 2. The van der Waals surface area contributed by atoms with Crippen LogP contribution in [0.15, 0.2) is 42.5 Å². The summed E-state index contributed by atoms with van der Waals surface area (Å²) in [5.41, 5.74) is 4.08. The van der Waals surface area contributed by atoms with Crippen LogP contribution < -0.4 is 15.0 Å². The van der Waals surface area contributed by atoms with Gasteiger partial charge < -0.3 is 15.0 Å². The largest absolute Gasteiger partial charge is 0.492 e. The maximum atomic E-state index is 12.9. The van der Waals surface area contributed by atoms with E-state index in [9.17, 15) is 9.59 Å². The number of fused-ring (bicyclic) bond motifs is 1. The lowest BCUT2D eigenvalue weighted by Gasteiger charge is -2.20. The molecule has 1 aliphatic rings. The van der Waals surface area contributed by atoms with Crippen LogP contribution in [0.4, 0.5) is 5.69 Å². The standard InChI is InChI=1S/C23H28N2O3/c1-15-6-11-20-19(14-15)21(24-16(2)26)22(27)25(20)12-13-28-18-9-7-17(8-10-18)23(3,4)5/h6-11,14,21H,12-13H2,1-5H3,(H,24,26)/t21-/m0/s1. The minimum absolute atomic E-state index is 0.0983. The number of ether oxygens (including phenoxy) is 1. The second-order valence-corrected chi connectivity index (χ2v) is 8.31. The average Bonchev–Trinajstić information content (AvgIpc) is 2.86. The van der Waals surface area contributed by atoms with Crippen molar-refractivity contribution in [3.63, 3.8) is 0 Å². The zero-order chi connectivity index (χ0) is 20.5. The van der Waals surface area contributed by atoms with Gasteiger partial charge in [0.25, 0.3) is 5.91 Å². The van der Waals surface area contributed by atoms with Gasteiger partial charge in [0, 0.05) is 18.2 Å². The Hall–Kier alpha value is -2.82. The van der Waals surface area contributed by atoms with Crippen LogP contribution >= 0.6 is 0 Å². The molecule has 1 aliphatic heterocycles. The number of anilines is 1. The molecule has 5 nitrogen and oxygen atoms in total. The van der Waals surface area contributed by atoms with E-state index >= 15 is 0 Å². The van der Waals surface area contributed by atoms with Crippen LogP contribution in [0.1, 0.15) is 50.4 Å². The topological polar surface area (TPSA) is 58.6 Å². The van der Waals surface area contributed by atoms with E-state index < -0.39 is 6.04 Å². The number of nitrogens with one attached hydrogen (secondary N) is 1. The highest BCUT2D eigenvalue weighted by molar-refractivity contribution is 6.06. The number of aryl methyl sites for hydroxylation is 1. The molecular weight excluding hydrogens is 352 g/mol. The smallest absolute Gasteiger partial charge is 0.254 e. The molecule has 0 fully saturated rings. The fourth-order valence-electron chi connectivity index (χ4n) is 3.44. The molecule has 0 saturated carbocycles. The summed E-state index contributed by atoms with van der Waals surface area (Å²) in [5, 5.41) is 2.76. The number of nitrogens with zero attached hydrogens (tertiary/aromatic N) is 1. The van der Waals surface area contributed by atoms with Gasteiger partial charge in [0.05, 0.1) is 6.54 Å². The van der Waals surface area contributed by atoms with Crippen molar-refractivity contribution in [2.24, 2.45) is 0 Å². The molecule has 2 aromatic carbocycles.